The van der Waals surface area contributed by atoms with Gasteiger partial charge in [-0.2, -0.15) is 5.10 Å². The Morgan fingerprint density at radius 3 is 3.19 bits per heavy atom. The maximum Gasteiger partial charge on any atom is 0.255 e. The van der Waals surface area contributed by atoms with E-state index in [1.54, 1.807) is 16.9 Å². The molecule has 0 bridgehead atoms. The van der Waals surface area contributed by atoms with Crippen molar-refractivity contribution in [3.63, 3.8) is 0 Å². The molecule has 0 spiro atoms. The van der Waals surface area contributed by atoms with E-state index < -0.39 is 0 Å². The number of rotatable bonds is 3. The van der Waals surface area contributed by atoms with Crippen LogP contribution in [0.5, 0.6) is 0 Å². The molecule has 0 unspecified atom stereocenters. The first-order chi connectivity index (χ1) is 7.72. The molecule has 0 aromatic carbocycles. The van der Waals surface area contributed by atoms with Crippen molar-refractivity contribution in [1.82, 2.24) is 14.9 Å². The number of aromatic nitrogens is 2. The van der Waals surface area contributed by atoms with Crippen LogP contribution >= 0.6 is 0 Å². The number of nitrogens with two attached hydrogens (primary N) is 1. The normalized spacial score (nSPS) is 12.6. The number of amides is 1. The Bertz CT molecular complexity index is 505. The number of pyridine rings is 1. The fraction of sp³-hybridized carbons (Fsp3) is 0.273. The summed E-state index contributed by atoms with van der Waals surface area (Å²) in [6, 6.07) is 5.56. The van der Waals surface area contributed by atoms with Crippen LogP contribution in [0.4, 0.5) is 0 Å². The first-order valence-electron chi connectivity index (χ1n) is 5.15. The molecule has 0 saturated heterocycles. The predicted octanol–water partition coefficient (Wildman–Crippen LogP) is 0.411. The Balaban J connectivity index is 2.30. The lowest BCUT2D eigenvalue weighted by Crippen LogP contribution is -2.37. The Labute approximate surface area is 93.2 Å². The summed E-state index contributed by atoms with van der Waals surface area (Å²) >= 11 is 0. The Hall–Kier alpha value is -1.88. The lowest BCUT2D eigenvalue weighted by Gasteiger charge is -2.10. The van der Waals surface area contributed by atoms with Crippen LogP contribution in [0.25, 0.3) is 5.52 Å². The van der Waals surface area contributed by atoms with Gasteiger partial charge in [-0.15, -0.1) is 0 Å². The van der Waals surface area contributed by atoms with Gasteiger partial charge in [0.15, 0.2) is 0 Å². The fourth-order valence-corrected chi connectivity index (χ4v) is 1.47. The van der Waals surface area contributed by atoms with Crippen LogP contribution in [0.1, 0.15) is 17.3 Å². The summed E-state index contributed by atoms with van der Waals surface area (Å²) in [6.45, 7) is 2.29. The first kappa shape index (κ1) is 10.6. The summed E-state index contributed by atoms with van der Waals surface area (Å²) in [5.74, 6) is -0.140. The quantitative estimate of drug-likeness (QED) is 0.783. The van der Waals surface area contributed by atoms with Gasteiger partial charge in [-0.25, -0.2) is 4.52 Å². The zero-order valence-corrected chi connectivity index (χ0v) is 9.05. The number of hydrogen-bond acceptors (Lipinski definition) is 3. The molecule has 3 N–H and O–H groups in total. The maximum absolute atomic E-state index is 11.9. The minimum atomic E-state index is -0.140. The molecular weight excluding hydrogens is 204 g/mol. The Kier molecular flexibility index (Phi) is 2.87. The average molecular weight is 218 g/mol. The summed E-state index contributed by atoms with van der Waals surface area (Å²) in [5, 5.41) is 6.90. The zero-order chi connectivity index (χ0) is 11.5. The number of fused-ring (bicyclic) bond motifs is 1. The van der Waals surface area contributed by atoms with Crippen LogP contribution in [0, 0.1) is 0 Å². The third-order valence-electron chi connectivity index (χ3n) is 2.40. The number of nitrogens with one attached hydrogen (secondary N) is 1. The molecule has 84 valence electrons. The van der Waals surface area contributed by atoms with Crippen molar-refractivity contribution in [3.05, 3.63) is 36.2 Å². The van der Waals surface area contributed by atoms with Gasteiger partial charge < -0.3 is 11.1 Å². The van der Waals surface area contributed by atoms with Crippen molar-refractivity contribution in [2.24, 2.45) is 5.73 Å². The molecule has 2 rings (SSSR count). The minimum absolute atomic E-state index is 0.0360. The van der Waals surface area contributed by atoms with Crippen LogP contribution in [0.3, 0.4) is 0 Å². The van der Waals surface area contributed by atoms with Gasteiger partial charge in [0.05, 0.1) is 17.3 Å². The number of carbonyl (C=O) groups is 1. The summed E-state index contributed by atoms with van der Waals surface area (Å²) < 4.78 is 1.67. The van der Waals surface area contributed by atoms with E-state index in [2.05, 4.69) is 10.4 Å². The summed E-state index contributed by atoms with van der Waals surface area (Å²) in [4.78, 5) is 11.9. The van der Waals surface area contributed by atoms with E-state index >= 15 is 0 Å². The largest absolute Gasteiger partial charge is 0.348 e. The number of nitrogens with zero attached hydrogens (tertiary/aromatic N) is 2. The van der Waals surface area contributed by atoms with Crippen LogP contribution in [0.15, 0.2) is 30.6 Å². The lowest BCUT2D eigenvalue weighted by molar-refractivity contribution is 0.0943. The first-order valence-corrected chi connectivity index (χ1v) is 5.15. The van der Waals surface area contributed by atoms with Gasteiger partial charge in [0.25, 0.3) is 5.91 Å². The summed E-state index contributed by atoms with van der Waals surface area (Å²) in [5.41, 5.74) is 6.82. The molecule has 0 aliphatic heterocycles. The van der Waals surface area contributed by atoms with Crippen LogP contribution < -0.4 is 11.1 Å². The molecule has 0 saturated carbocycles. The van der Waals surface area contributed by atoms with Crippen molar-refractivity contribution >= 4 is 11.4 Å². The molecule has 0 aliphatic carbocycles. The third kappa shape index (κ3) is 1.90. The van der Waals surface area contributed by atoms with Gasteiger partial charge in [-0.1, -0.05) is 6.07 Å². The van der Waals surface area contributed by atoms with E-state index in [9.17, 15) is 4.79 Å². The highest BCUT2D eigenvalue weighted by Crippen LogP contribution is 2.09. The van der Waals surface area contributed by atoms with Crippen molar-refractivity contribution in [2.75, 3.05) is 6.54 Å². The van der Waals surface area contributed by atoms with Gasteiger partial charge in [0, 0.05) is 18.8 Å². The molecule has 2 aromatic heterocycles. The molecule has 1 atom stereocenters. The van der Waals surface area contributed by atoms with Crippen molar-refractivity contribution in [3.8, 4) is 0 Å². The minimum Gasteiger partial charge on any atom is -0.348 e. The van der Waals surface area contributed by atoms with E-state index in [1.807, 2.05) is 25.1 Å². The second-order valence-electron chi connectivity index (χ2n) is 3.70. The van der Waals surface area contributed by atoms with E-state index in [1.165, 1.54) is 0 Å². The zero-order valence-electron chi connectivity index (χ0n) is 9.05. The smallest absolute Gasteiger partial charge is 0.255 e. The molecule has 2 aromatic rings. The number of hydrogen-bond donors (Lipinski definition) is 2. The van der Waals surface area contributed by atoms with Crippen LogP contribution in [-0.4, -0.2) is 28.1 Å². The van der Waals surface area contributed by atoms with E-state index in [4.69, 9.17) is 5.73 Å². The van der Waals surface area contributed by atoms with Gasteiger partial charge in [0.2, 0.25) is 0 Å². The SMILES string of the molecule is C[C@H](CN)NC(=O)c1cnn2ccccc12. The van der Waals surface area contributed by atoms with Crippen LogP contribution in [0.2, 0.25) is 0 Å². The van der Waals surface area contributed by atoms with Gasteiger partial charge >= 0.3 is 0 Å². The van der Waals surface area contributed by atoms with E-state index in [-0.39, 0.29) is 11.9 Å². The standard InChI is InChI=1S/C11H14N4O/c1-8(6-12)14-11(16)9-7-13-15-5-3-2-4-10(9)15/h2-5,7-8H,6,12H2,1H3,(H,14,16)/t8-/m1/s1. The summed E-state index contributed by atoms with van der Waals surface area (Å²) in [7, 11) is 0. The third-order valence-corrected chi connectivity index (χ3v) is 2.40. The van der Waals surface area contributed by atoms with Crippen molar-refractivity contribution < 1.29 is 4.79 Å². The highest BCUT2D eigenvalue weighted by atomic mass is 16.1. The molecule has 0 radical (unpaired) electrons. The average Bonchev–Trinajstić information content (AvgIpc) is 2.72. The fourth-order valence-electron chi connectivity index (χ4n) is 1.47. The predicted molar refractivity (Wildman–Crippen MR) is 61.2 cm³/mol. The second kappa shape index (κ2) is 4.32. The highest BCUT2D eigenvalue weighted by Gasteiger charge is 2.13. The van der Waals surface area contributed by atoms with Crippen molar-refractivity contribution in [2.45, 2.75) is 13.0 Å². The molecule has 16 heavy (non-hydrogen) atoms. The molecule has 1 amide bonds. The molecule has 5 nitrogen and oxygen atoms in total. The monoisotopic (exact) mass is 218 g/mol. The van der Waals surface area contributed by atoms with Gasteiger partial charge in [0.1, 0.15) is 0 Å². The Morgan fingerprint density at radius 1 is 1.62 bits per heavy atom. The molecule has 0 aliphatic rings. The van der Waals surface area contributed by atoms with Gasteiger partial charge in [-0.3, -0.25) is 4.79 Å². The summed E-state index contributed by atoms with van der Waals surface area (Å²) in [6.07, 6.45) is 3.37. The number of carbonyl (C=O) groups excluding carboxylic acids is 1. The molecule has 2 heterocycles. The van der Waals surface area contributed by atoms with E-state index in [0.29, 0.717) is 12.1 Å². The van der Waals surface area contributed by atoms with E-state index in [0.717, 1.165) is 5.52 Å². The lowest BCUT2D eigenvalue weighted by atomic mass is 10.2. The molecular formula is C11H14N4O. The maximum atomic E-state index is 11.9. The molecule has 0 fully saturated rings. The molecule has 5 heteroatoms. The second-order valence-corrected chi connectivity index (χ2v) is 3.70. The van der Waals surface area contributed by atoms with Crippen LogP contribution in [-0.2, 0) is 0 Å². The Morgan fingerprint density at radius 2 is 2.44 bits per heavy atom. The van der Waals surface area contributed by atoms with Crippen molar-refractivity contribution in [1.29, 1.82) is 0 Å². The van der Waals surface area contributed by atoms with Gasteiger partial charge in [-0.05, 0) is 19.1 Å². The topological polar surface area (TPSA) is 72.4 Å². The highest BCUT2D eigenvalue weighted by molar-refractivity contribution is 6.00.